The van der Waals surface area contributed by atoms with Crippen molar-refractivity contribution in [2.45, 2.75) is 92.1 Å². The van der Waals surface area contributed by atoms with Crippen LogP contribution in [0.2, 0.25) is 5.02 Å². The molecule has 0 aromatic heterocycles. The summed E-state index contributed by atoms with van der Waals surface area (Å²) in [4.78, 5) is 13.6. The average molecular weight is 428 g/mol. The van der Waals surface area contributed by atoms with E-state index in [1.54, 1.807) is 0 Å². The number of anilines is 1. The van der Waals surface area contributed by atoms with Gasteiger partial charge in [0.05, 0.1) is 0 Å². The first-order valence-corrected chi connectivity index (χ1v) is 14.5. The first-order valence-electron chi connectivity index (χ1n) is 11.4. The van der Waals surface area contributed by atoms with Gasteiger partial charge in [-0.05, 0) is 0 Å². The van der Waals surface area contributed by atoms with Crippen molar-refractivity contribution < 1.29 is 4.79 Å². The van der Waals surface area contributed by atoms with Gasteiger partial charge in [-0.2, -0.15) is 0 Å². The molecule has 1 unspecified atom stereocenters. The molecule has 1 atom stereocenters. The van der Waals surface area contributed by atoms with Crippen LogP contribution in [0.25, 0.3) is 0 Å². The molecule has 2 nitrogen and oxygen atoms in total. The van der Waals surface area contributed by atoms with E-state index in [0.717, 1.165) is 28.3 Å². The summed E-state index contributed by atoms with van der Waals surface area (Å²) in [5.41, 5.74) is 3.26. The van der Waals surface area contributed by atoms with Crippen LogP contribution in [0.3, 0.4) is 0 Å². The monoisotopic (exact) mass is 427 g/mol. The van der Waals surface area contributed by atoms with Gasteiger partial charge in [0.15, 0.2) is 0 Å². The maximum atomic E-state index is 13.6. The van der Waals surface area contributed by atoms with Crippen LogP contribution in [0.1, 0.15) is 83.8 Å². The molecular weight excluding hydrogens is 385 g/mol. The van der Waals surface area contributed by atoms with Gasteiger partial charge in [0.2, 0.25) is 0 Å². The first-order chi connectivity index (χ1) is 13.3. The zero-order chi connectivity index (χ0) is 21.2. The number of hydrogen-bond donors (Lipinski definition) is 1. The van der Waals surface area contributed by atoms with Gasteiger partial charge in [-0.1, -0.05) is 0 Å². The molecule has 28 heavy (non-hydrogen) atoms. The maximum absolute atomic E-state index is 13.6. The van der Waals surface area contributed by atoms with E-state index in [1.807, 2.05) is 26.0 Å². The van der Waals surface area contributed by atoms with Crippen molar-refractivity contribution in [1.82, 2.24) is 0 Å². The van der Waals surface area contributed by atoms with Crippen molar-refractivity contribution >= 4 is 30.5 Å². The fourth-order valence-electron chi connectivity index (χ4n) is 4.70. The predicted octanol–water partition coefficient (Wildman–Crippen LogP) is 7.82. The van der Waals surface area contributed by atoms with E-state index in [4.69, 9.17) is 11.6 Å². The Bertz CT molecular complexity index is 572. The molecule has 1 rings (SSSR count). The van der Waals surface area contributed by atoms with Gasteiger partial charge in [0, 0.05) is 0 Å². The summed E-state index contributed by atoms with van der Waals surface area (Å²) in [5, 5.41) is 4.06. The van der Waals surface area contributed by atoms with Crippen LogP contribution >= 0.6 is 18.9 Å². The number of amides is 1. The Hall–Kier alpha value is -0.590. The van der Waals surface area contributed by atoms with Crippen molar-refractivity contribution in [3.63, 3.8) is 0 Å². The van der Waals surface area contributed by atoms with E-state index in [-0.39, 0.29) is 11.6 Å². The molecular formula is C24H43ClNOP. The first kappa shape index (κ1) is 25.4. The molecule has 0 saturated carbocycles. The second-order valence-electron chi connectivity index (χ2n) is 8.54. The van der Waals surface area contributed by atoms with Gasteiger partial charge in [0.25, 0.3) is 0 Å². The Labute approximate surface area is 179 Å². The third-order valence-electron chi connectivity index (χ3n) is 6.29. The van der Waals surface area contributed by atoms with E-state index < -0.39 is 7.26 Å². The summed E-state index contributed by atoms with van der Waals surface area (Å²) in [6.45, 7) is 13.1. The van der Waals surface area contributed by atoms with Crippen LogP contribution in [0.4, 0.5) is 5.69 Å². The van der Waals surface area contributed by atoms with Crippen molar-refractivity contribution in [3.05, 3.63) is 28.3 Å². The van der Waals surface area contributed by atoms with E-state index in [0.29, 0.717) is 0 Å². The van der Waals surface area contributed by atoms with Crippen molar-refractivity contribution in [2.24, 2.45) is 0 Å². The molecule has 1 N–H and O–H groups in total. The molecule has 1 aromatic carbocycles. The summed E-state index contributed by atoms with van der Waals surface area (Å²) in [7, 11) is -1.69. The summed E-state index contributed by atoms with van der Waals surface area (Å²) in [6.07, 6.45) is 12.3. The molecule has 0 saturated heterocycles. The molecule has 4 heteroatoms. The van der Waals surface area contributed by atoms with Gasteiger partial charge >= 0.3 is 179 Å². The third kappa shape index (κ3) is 7.03. The summed E-state index contributed by atoms with van der Waals surface area (Å²) in [6, 6.07) is 3.89. The fraction of sp³-hybridized carbons (Fsp3) is 0.708. The van der Waals surface area contributed by atoms with Gasteiger partial charge in [-0.15, -0.1) is 0 Å². The number of unbranched alkanes of at least 4 members (excludes halogenated alkanes) is 3. The number of rotatable bonds is 13. The summed E-state index contributed by atoms with van der Waals surface area (Å²) >= 11 is 6.19. The summed E-state index contributed by atoms with van der Waals surface area (Å²) in [5.74, 6) is 0.256. The van der Waals surface area contributed by atoms with Crippen LogP contribution in [0, 0.1) is 13.8 Å². The van der Waals surface area contributed by atoms with E-state index in [1.165, 1.54) is 57.0 Å². The minimum absolute atomic E-state index is 0.201. The molecule has 0 aliphatic carbocycles. The Morgan fingerprint density at radius 3 is 1.71 bits per heavy atom. The molecule has 1 aromatic rings. The van der Waals surface area contributed by atoms with E-state index in [2.05, 4.69) is 33.0 Å². The van der Waals surface area contributed by atoms with Crippen molar-refractivity contribution in [3.8, 4) is 0 Å². The Balaban J connectivity index is 3.20. The van der Waals surface area contributed by atoms with Gasteiger partial charge in [-0.25, -0.2) is 0 Å². The molecule has 0 aliphatic rings. The van der Waals surface area contributed by atoms with Crippen LogP contribution in [0.5, 0.6) is 0 Å². The molecule has 0 spiro atoms. The van der Waals surface area contributed by atoms with Crippen molar-refractivity contribution in [2.75, 3.05) is 23.8 Å². The number of carbonyl (C=O) groups excluding carboxylic acids is 1. The predicted molar refractivity (Wildman–Crippen MR) is 131 cm³/mol. The Morgan fingerprint density at radius 2 is 1.36 bits per heavy atom. The minimum atomic E-state index is -1.69. The average Bonchev–Trinajstić information content (AvgIpc) is 2.65. The molecule has 0 heterocycles. The van der Waals surface area contributed by atoms with Gasteiger partial charge in [-0.3, -0.25) is 0 Å². The second kappa shape index (κ2) is 12.9. The third-order valence-corrected chi connectivity index (χ3v) is 12.7. The van der Waals surface area contributed by atoms with Crippen LogP contribution in [-0.2, 0) is 4.79 Å². The molecule has 0 bridgehead atoms. The number of aryl methyl sites for hydroxylation is 2. The normalized spacial score (nSPS) is 13.4. The number of benzene rings is 1. The van der Waals surface area contributed by atoms with Crippen LogP contribution in [0.15, 0.2) is 12.1 Å². The summed E-state index contributed by atoms with van der Waals surface area (Å²) < 4.78 is 0. The van der Waals surface area contributed by atoms with Gasteiger partial charge < -0.3 is 0 Å². The second-order valence-corrected chi connectivity index (χ2v) is 13.9. The molecule has 0 aliphatic heterocycles. The number of halogens is 1. The number of carbonyl (C=O) groups is 1. The molecule has 1 amide bonds. The Morgan fingerprint density at radius 1 is 0.929 bits per heavy atom. The van der Waals surface area contributed by atoms with Crippen molar-refractivity contribution in [1.29, 1.82) is 0 Å². The fourth-order valence-corrected chi connectivity index (χ4v) is 11.5. The topological polar surface area (TPSA) is 29.1 Å². The van der Waals surface area contributed by atoms with Crippen LogP contribution < -0.4 is 5.32 Å². The molecule has 0 radical (unpaired) electrons. The molecule has 162 valence electrons. The van der Waals surface area contributed by atoms with E-state index in [9.17, 15) is 4.79 Å². The zero-order valence-corrected chi connectivity index (χ0v) is 20.8. The quantitative estimate of drug-likeness (QED) is 0.319. The van der Waals surface area contributed by atoms with E-state index >= 15 is 0 Å². The van der Waals surface area contributed by atoms with Gasteiger partial charge in [0.1, 0.15) is 0 Å². The van der Waals surface area contributed by atoms with Crippen LogP contribution in [-0.4, -0.2) is 30.1 Å². The standard InChI is InChI=1S/C24H43ClNOP/c1-7-11-14-28(15-12-8-2,16-13-9-3)22(10-4)24(27)26-23-19(5)17-21(25)18-20(23)6/h17-18,22,28H,7-16H2,1-6H3,(H,26,27). The molecule has 0 fully saturated rings. The zero-order valence-electron chi connectivity index (χ0n) is 19.1. The Kier molecular flexibility index (Phi) is 11.7. The SMILES string of the molecule is CCCC[PH](CCCC)(CCCC)C(CC)C(=O)Nc1c(C)cc(Cl)cc1C. The number of nitrogens with one attached hydrogen (secondary N) is 1. The number of hydrogen-bond acceptors (Lipinski definition) is 1.